The Morgan fingerprint density at radius 2 is 1.86 bits per heavy atom. The minimum absolute atomic E-state index is 0.132. The monoisotopic (exact) mass is 592 g/mol. The van der Waals surface area contributed by atoms with E-state index in [-0.39, 0.29) is 31.7 Å². The van der Waals surface area contributed by atoms with E-state index in [1.54, 1.807) is 38.5 Å². The number of rotatable bonds is 10. The summed E-state index contributed by atoms with van der Waals surface area (Å²) < 4.78 is 21.7. The van der Waals surface area contributed by atoms with Gasteiger partial charge in [-0.05, 0) is 73.3 Å². The number of fused-ring (bicyclic) bond motifs is 1. The zero-order chi connectivity index (χ0) is 29.9. The van der Waals surface area contributed by atoms with Crippen molar-refractivity contribution in [2.24, 2.45) is 0 Å². The molecule has 1 aliphatic rings. The third-order valence-corrected chi connectivity index (χ3v) is 7.28. The van der Waals surface area contributed by atoms with Crippen LogP contribution in [-0.4, -0.2) is 63.5 Å². The highest BCUT2D eigenvalue weighted by molar-refractivity contribution is 7.10. The summed E-state index contributed by atoms with van der Waals surface area (Å²) >= 11 is 1.40. The molecule has 0 spiro atoms. The van der Waals surface area contributed by atoms with Crippen LogP contribution < -0.4 is 24.3 Å². The van der Waals surface area contributed by atoms with E-state index in [4.69, 9.17) is 18.9 Å². The summed E-state index contributed by atoms with van der Waals surface area (Å²) in [6.07, 6.45) is 0. The highest BCUT2D eigenvalue weighted by atomic mass is 32.1. The van der Waals surface area contributed by atoms with Gasteiger partial charge < -0.3 is 29.2 Å². The first-order chi connectivity index (χ1) is 20.1. The van der Waals surface area contributed by atoms with E-state index in [0.717, 1.165) is 10.4 Å². The van der Waals surface area contributed by atoms with Crippen molar-refractivity contribution >= 4 is 23.2 Å². The average Bonchev–Trinajstić information content (AvgIpc) is 3.73. The lowest BCUT2D eigenvalue weighted by Gasteiger charge is -2.33. The van der Waals surface area contributed by atoms with Crippen LogP contribution in [0.4, 0.5) is 0 Å². The summed E-state index contributed by atoms with van der Waals surface area (Å²) in [6, 6.07) is 13.5. The second-order valence-corrected chi connectivity index (χ2v) is 11.6. The molecule has 0 fully saturated rings. The van der Waals surface area contributed by atoms with E-state index >= 15 is 0 Å². The summed E-state index contributed by atoms with van der Waals surface area (Å²) in [5.74, 6) is 1.95. The molecule has 12 nitrogen and oxygen atoms in total. The summed E-state index contributed by atoms with van der Waals surface area (Å²) in [5, 5.41) is 17.6. The Morgan fingerprint density at radius 3 is 2.57 bits per heavy atom. The molecule has 0 saturated heterocycles. The standard InChI is InChI=1S/C29H32N6O6S/c1-29(2,3)30-28(37)26(24-7-6-12-42-24)34(15-18-8-10-21-23(13-18)41-17-40-21)25(36)16-35-32-27(31-33-35)19-9-11-20(38-4)22(14-19)39-5/h6-14,26H,15-17H2,1-5H3,(H,30,37). The number of methoxy groups -OCH3 is 2. The largest absolute Gasteiger partial charge is 0.493 e. The van der Waals surface area contributed by atoms with Crippen molar-refractivity contribution in [2.45, 2.75) is 45.4 Å². The second-order valence-electron chi connectivity index (χ2n) is 10.6. The number of carbonyl (C=O) groups excluding carboxylic acids is 2. The maximum atomic E-state index is 14.0. The molecule has 0 radical (unpaired) electrons. The summed E-state index contributed by atoms with van der Waals surface area (Å²) in [6.45, 7) is 5.72. The topological polar surface area (TPSA) is 130 Å². The summed E-state index contributed by atoms with van der Waals surface area (Å²) in [4.78, 5) is 31.2. The van der Waals surface area contributed by atoms with Gasteiger partial charge in [0.15, 0.2) is 23.0 Å². The minimum Gasteiger partial charge on any atom is -0.493 e. The smallest absolute Gasteiger partial charge is 0.248 e. The number of hydrogen-bond donors (Lipinski definition) is 1. The lowest BCUT2D eigenvalue weighted by Crippen LogP contribution is -2.49. The van der Waals surface area contributed by atoms with Crippen molar-refractivity contribution in [1.82, 2.24) is 30.4 Å². The van der Waals surface area contributed by atoms with Crippen molar-refractivity contribution in [2.75, 3.05) is 21.0 Å². The van der Waals surface area contributed by atoms with Crippen LogP contribution >= 0.6 is 11.3 Å². The third kappa shape index (κ3) is 6.46. The molecule has 5 rings (SSSR count). The van der Waals surface area contributed by atoms with Gasteiger partial charge >= 0.3 is 0 Å². The van der Waals surface area contributed by atoms with Crippen molar-refractivity contribution < 1.29 is 28.5 Å². The van der Waals surface area contributed by atoms with Crippen LogP contribution in [0.5, 0.6) is 23.0 Å². The highest BCUT2D eigenvalue weighted by Gasteiger charge is 2.35. The molecule has 0 bridgehead atoms. The van der Waals surface area contributed by atoms with Gasteiger partial charge in [-0.2, -0.15) is 4.80 Å². The van der Waals surface area contributed by atoms with Crippen LogP contribution in [0.2, 0.25) is 0 Å². The van der Waals surface area contributed by atoms with Gasteiger partial charge in [-0.1, -0.05) is 12.1 Å². The normalized spacial score (nSPS) is 13.0. The zero-order valence-electron chi connectivity index (χ0n) is 24.0. The fourth-order valence-electron chi connectivity index (χ4n) is 4.48. The van der Waals surface area contributed by atoms with E-state index < -0.39 is 11.6 Å². The van der Waals surface area contributed by atoms with E-state index in [9.17, 15) is 9.59 Å². The Balaban J connectivity index is 1.46. The van der Waals surface area contributed by atoms with Gasteiger partial charge in [0, 0.05) is 22.5 Å². The Labute approximate surface area is 247 Å². The molecule has 1 N–H and O–H groups in total. The van der Waals surface area contributed by atoms with E-state index in [1.165, 1.54) is 21.0 Å². The Bertz CT molecular complexity index is 1570. The molecule has 0 saturated carbocycles. The number of tetrazole rings is 1. The molecule has 220 valence electrons. The number of aromatic nitrogens is 4. The predicted octanol–water partition coefficient (Wildman–Crippen LogP) is 3.83. The number of thiophene rings is 1. The zero-order valence-corrected chi connectivity index (χ0v) is 24.8. The maximum Gasteiger partial charge on any atom is 0.248 e. The fourth-order valence-corrected chi connectivity index (χ4v) is 5.32. The van der Waals surface area contributed by atoms with Gasteiger partial charge in [0.2, 0.25) is 24.4 Å². The molecule has 1 aliphatic heterocycles. The Kier molecular flexibility index (Phi) is 8.29. The van der Waals surface area contributed by atoms with Crippen molar-refractivity contribution in [3.05, 3.63) is 64.4 Å². The van der Waals surface area contributed by atoms with Crippen LogP contribution in [-0.2, 0) is 22.7 Å². The number of amides is 2. The molecule has 3 heterocycles. The van der Waals surface area contributed by atoms with Gasteiger partial charge in [0.1, 0.15) is 12.6 Å². The number of hydrogen-bond acceptors (Lipinski definition) is 10. The number of ether oxygens (including phenoxy) is 4. The molecule has 2 amide bonds. The lowest BCUT2D eigenvalue weighted by atomic mass is 10.1. The molecule has 1 unspecified atom stereocenters. The van der Waals surface area contributed by atoms with Gasteiger partial charge in [-0.15, -0.1) is 21.5 Å². The Hall–Kier alpha value is -4.65. The molecule has 13 heteroatoms. The third-order valence-electron chi connectivity index (χ3n) is 6.35. The minimum atomic E-state index is -0.893. The number of carbonyl (C=O) groups is 2. The van der Waals surface area contributed by atoms with Gasteiger partial charge in [-0.3, -0.25) is 9.59 Å². The molecule has 2 aromatic heterocycles. The van der Waals surface area contributed by atoms with E-state index in [2.05, 4.69) is 20.7 Å². The van der Waals surface area contributed by atoms with Crippen LogP contribution in [0.3, 0.4) is 0 Å². The maximum absolute atomic E-state index is 14.0. The first-order valence-electron chi connectivity index (χ1n) is 13.2. The molecule has 4 aromatic rings. The van der Waals surface area contributed by atoms with Crippen LogP contribution in [0.15, 0.2) is 53.9 Å². The molecular weight excluding hydrogens is 560 g/mol. The number of nitrogens with zero attached hydrogens (tertiary/aromatic N) is 5. The summed E-state index contributed by atoms with van der Waals surface area (Å²) in [7, 11) is 3.09. The highest BCUT2D eigenvalue weighted by Crippen LogP contribution is 2.35. The molecule has 1 atom stereocenters. The first-order valence-corrected chi connectivity index (χ1v) is 14.1. The van der Waals surface area contributed by atoms with Crippen molar-refractivity contribution in [1.29, 1.82) is 0 Å². The first kappa shape index (κ1) is 28.9. The fraction of sp³-hybridized carbons (Fsp3) is 0.345. The molecule has 0 aliphatic carbocycles. The van der Waals surface area contributed by atoms with Gasteiger partial charge in [0.25, 0.3) is 0 Å². The van der Waals surface area contributed by atoms with E-state index in [0.29, 0.717) is 34.4 Å². The second kappa shape index (κ2) is 12.1. The summed E-state index contributed by atoms with van der Waals surface area (Å²) in [5.41, 5.74) is 0.904. The van der Waals surface area contributed by atoms with E-state index in [1.807, 2.05) is 50.4 Å². The van der Waals surface area contributed by atoms with Gasteiger partial charge in [0.05, 0.1) is 14.2 Å². The van der Waals surface area contributed by atoms with Gasteiger partial charge in [-0.25, -0.2) is 0 Å². The van der Waals surface area contributed by atoms with Crippen LogP contribution in [0.25, 0.3) is 11.4 Å². The van der Waals surface area contributed by atoms with Crippen LogP contribution in [0, 0.1) is 0 Å². The quantitative estimate of drug-likeness (QED) is 0.292. The van der Waals surface area contributed by atoms with Crippen molar-refractivity contribution in [3.8, 4) is 34.4 Å². The molecular formula is C29H32N6O6S. The molecule has 42 heavy (non-hydrogen) atoms. The van der Waals surface area contributed by atoms with Crippen molar-refractivity contribution in [3.63, 3.8) is 0 Å². The van der Waals surface area contributed by atoms with Crippen LogP contribution in [0.1, 0.15) is 37.3 Å². The SMILES string of the molecule is COc1ccc(-c2nnn(CC(=O)N(Cc3ccc4c(c3)OCO4)C(C(=O)NC(C)(C)C)c3cccs3)n2)cc1OC. The molecule has 2 aromatic carbocycles. The number of benzene rings is 2. The lowest BCUT2D eigenvalue weighted by molar-refractivity contribution is -0.143. The number of nitrogens with one attached hydrogen (secondary N) is 1. The average molecular weight is 593 g/mol. The Morgan fingerprint density at radius 1 is 1.07 bits per heavy atom. The predicted molar refractivity (Wildman–Crippen MR) is 154 cm³/mol.